The van der Waals surface area contributed by atoms with Crippen LogP contribution in [0.15, 0.2) is 5.88 Å². The summed E-state index contributed by atoms with van der Waals surface area (Å²) in [6.07, 6.45) is 2.88. The first-order chi connectivity index (χ1) is 3.43. The molecule has 1 aliphatic heterocycles. The third kappa shape index (κ3) is 0.838. The highest BCUT2D eigenvalue weighted by atomic mass is 16.5. The minimum Gasteiger partial charge on any atom is -0.481 e. The number of hydrazine groups is 1. The second-order valence-electron chi connectivity index (χ2n) is 1.19. The summed E-state index contributed by atoms with van der Waals surface area (Å²) in [4.78, 5) is 0. The van der Waals surface area contributed by atoms with E-state index in [9.17, 15) is 0 Å². The van der Waals surface area contributed by atoms with Crippen LogP contribution in [0, 0.1) is 6.08 Å². The van der Waals surface area contributed by atoms with Crippen molar-refractivity contribution in [2.45, 2.75) is 0 Å². The van der Waals surface area contributed by atoms with E-state index in [1.165, 1.54) is 0 Å². The fourth-order valence-corrected chi connectivity index (χ4v) is 0.416. The predicted octanol–water partition coefficient (Wildman–Crippen LogP) is -0.615. The fraction of sp³-hybridized carbons (Fsp3) is 0.500. The van der Waals surface area contributed by atoms with Gasteiger partial charge in [0.25, 0.3) is 0 Å². The van der Waals surface area contributed by atoms with Gasteiger partial charge in [-0.3, -0.25) is 5.43 Å². The van der Waals surface area contributed by atoms with E-state index in [1.807, 2.05) is 0 Å². The summed E-state index contributed by atoms with van der Waals surface area (Å²) in [5.74, 6) is 0.681. The number of rotatable bonds is 1. The molecule has 0 amide bonds. The number of methoxy groups -OCH3 is 1. The van der Waals surface area contributed by atoms with Gasteiger partial charge in [-0.05, 0) is 0 Å². The van der Waals surface area contributed by atoms with Crippen molar-refractivity contribution in [3.05, 3.63) is 12.0 Å². The Balaban J connectivity index is 2.36. The molecule has 0 aliphatic carbocycles. The summed E-state index contributed by atoms with van der Waals surface area (Å²) in [6, 6.07) is 0. The Kier molecular flexibility index (Phi) is 1.17. The Labute approximate surface area is 42.3 Å². The molecule has 3 heteroatoms. The molecular formula is C4H7N2O. The van der Waals surface area contributed by atoms with Gasteiger partial charge in [-0.2, -0.15) is 0 Å². The van der Waals surface area contributed by atoms with Crippen molar-refractivity contribution in [3.63, 3.8) is 0 Å². The van der Waals surface area contributed by atoms with Gasteiger partial charge in [-0.15, -0.1) is 0 Å². The first-order valence-electron chi connectivity index (χ1n) is 2.07. The van der Waals surface area contributed by atoms with Gasteiger partial charge < -0.3 is 4.74 Å². The molecule has 3 nitrogen and oxygen atoms in total. The number of hydrogen-bond acceptors (Lipinski definition) is 3. The van der Waals surface area contributed by atoms with E-state index in [1.54, 1.807) is 7.11 Å². The average molecular weight is 99.1 g/mol. The van der Waals surface area contributed by atoms with Gasteiger partial charge in [0.1, 0.15) is 0 Å². The topological polar surface area (TPSA) is 33.3 Å². The monoisotopic (exact) mass is 99.1 g/mol. The smallest absolute Gasteiger partial charge is 0.206 e. The fourth-order valence-electron chi connectivity index (χ4n) is 0.416. The van der Waals surface area contributed by atoms with Crippen LogP contribution in [0.1, 0.15) is 0 Å². The van der Waals surface area contributed by atoms with Gasteiger partial charge in [0, 0.05) is 12.6 Å². The predicted molar refractivity (Wildman–Crippen MR) is 24.9 cm³/mol. The maximum atomic E-state index is 4.74. The molecule has 0 unspecified atom stereocenters. The molecule has 0 saturated heterocycles. The van der Waals surface area contributed by atoms with Crippen LogP contribution in [-0.2, 0) is 4.74 Å². The van der Waals surface area contributed by atoms with E-state index in [0.717, 1.165) is 6.54 Å². The number of hydrogen-bond donors (Lipinski definition) is 2. The van der Waals surface area contributed by atoms with Gasteiger partial charge in [0.15, 0.2) is 0 Å². The van der Waals surface area contributed by atoms with E-state index >= 15 is 0 Å². The maximum absolute atomic E-state index is 4.74. The SMILES string of the molecule is COC1=[C]CNN1. The van der Waals surface area contributed by atoms with Crippen LogP contribution in [0.4, 0.5) is 0 Å². The van der Waals surface area contributed by atoms with Crippen LogP contribution in [0.2, 0.25) is 0 Å². The van der Waals surface area contributed by atoms with Crippen LogP contribution in [0.25, 0.3) is 0 Å². The van der Waals surface area contributed by atoms with E-state index in [0.29, 0.717) is 5.88 Å². The molecule has 0 aromatic heterocycles. The molecule has 0 saturated carbocycles. The third-order valence-electron chi connectivity index (χ3n) is 0.743. The normalized spacial score (nSPS) is 18.1. The molecule has 0 aromatic rings. The van der Waals surface area contributed by atoms with Crippen LogP contribution in [0.3, 0.4) is 0 Å². The molecule has 2 N–H and O–H groups in total. The van der Waals surface area contributed by atoms with Crippen LogP contribution >= 0.6 is 0 Å². The van der Waals surface area contributed by atoms with Crippen molar-refractivity contribution in [2.75, 3.05) is 13.7 Å². The summed E-state index contributed by atoms with van der Waals surface area (Å²) < 4.78 is 4.74. The quantitative estimate of drug-likeness (QED) is 0.460. The molecule has 1 radical (unpaired) electrons. The Morgan fingerprint density at radius 1 is 1.86 bits per heavy atom. The van der Waals surface area contributed by atoms with Gasteiger partial charge in [0.2, 0.25) is 5.88 Å². The number of ether oxygens (including phenoxy) is 1. The van der Waals surface area contributed by atoms with Gasteiger partial charge in [-0.1, -0.05) is 0 Å². The second kappa shape index (κ2) is 1.84. The highest BCUT2D eigenvalue weighted by Gasteiger charge is 1.98. The van der Waals surface area contributed by atoms with Gasteiger partial charge in [0.05, 0.1) is 7.11 Å². The van der Waals surface area contributed by atoms with Crippen molar-refractivity contribution >= 4 is 0 Å². The third-order valence-corrected chi connectivity index (χ3v) is 0.743. The van der Waals surface area contributed by atoms with E-state index in [2.05, 4.69) is 16.9 Å². The molecule has 0 bridgehead atoms. The Hall–Kier alpha value is -0.700. The lowest BCUT2D eigenvalue weighted by atomic mass is 10.6. The molecule has 1 heterocycles. The zero-order valence-corrected chi connectivity index (χ0v) is 4.12. The summed E-state index contributed by atoms with van der Waals surface area (Å²) in [5, 5.41) is 0. The Bertz CT molecular complexity index is 89.7. The summed E-state index contributed by atoms with van der Waals surface area (Å²) in [6.45, 7) is 0.725. The molecule has 0 fully saturated rings. The molecule has 0 aromatic carbocycles. The molecular weight excluding hydrogens is 92.1 g/mol. The first-order valence-corrected chi connectivity index (χ1v) is 2.07. The van der Waals surface area contributed by atoms with Crippen molar-refractivity contribution in [1.29, 1.82) is 0 Å². The Morgan fingerprint density at radius 3 is 3.00 bits per heavy atom. The first kappa shape index (κ1) is 4.46. The molecule has 7 heavy (non-hydrogen) atoms. The lowest BCUT2D eigenvalue weighted by Crippen LogP contribution is -2.24. The zero-order chi connectivity index (χ0) is 5.11. The second-order valence-corrected chi connectivity index (χ2v) is 1.19. The maximum Gasteiger partial charge on any atom is 0.206 e. The van der Waals surface area contributed by atoms with Crippen LogP contribution in [0.5, 0.6) is 0 Å². The zero-order valence-electron chi connectivity index (χ0n) is 4.12. The molecule has 1 aliphatic rings. The summed E-state index contributed by atoms with van der Waals surface area (Å²) in [5.41, 5.74) is 5.54. The van der Waals surface area contributed by atoms with Crippen LogP contribution < -0.4 is 10.9 Å². The van der Waals surface area contributed by atoms with Crippen molar-refractivity contribution in [1.82, 2.24) is 10.9 Å². The molecule has 0 atom stereocenters. The highest BCUT2D eigenvalue weighted by molar-refractivity contribution is 4.88. The van der Waals surface area contributed by atoms with E-state index < -0.39 is 0 Å². The lowest BCUT2D eigenvalue weighted by Gasteiger charge is -1.97. The minimum absolute atomic E-state index is 0.681. The van der Waals surface area contributed by atoms with Crippen molar-refractivity contribution in [3.8, 4) is 0 Å². The highest BCUT2D eigenvalue weighted by Crippen LogP contribution is 1.88. The van der Waals surface area contributed by atoms with Gasteiger partial charge >= 0.3 is 0 Å². The summed E-state index contributed by atoms with van der Waals surface area (Å²) >= 11 is 0. The van der Waals surface area contributed by atoms with E-state index in [4.69, 9.17) is 4.74 Å². The largest absolute Gasteiger partial charge is 0.481 e. The standard InChI is InChI=1S/C4H7N2O/c1-7-4-2-3-5-6-4/h5-6H,3H2,1H3. The Morgan fingerprint density at radius 2 is 2.71 bits per heavy atom. The molecule has 1 rings (SSSR count). The van der Waals surface area contributed by atoms with Crippen molar-refractivity contribution < 1.29 is 4.74 Å². The summed E-state index contributed by atoms with van der Waals surface area (Å²) in [7, 11) is 1.60. The lowest BCUT2D eigenvalue weighted by molar-refractivity contribution is 0.260. The minimum atomic E-state index is 0.681. The van der Waals surface area contributed by atoms with Crippen LogP contribution in [-0.4, -0.2) is 13.7 Å². The molecule has 39 valence electrons. The van der Waals surface area contributed by atoms with Gasteiger partial charge in [-0.25, -0.2) is 5.43 Å². The number of nitrogens with one attached hydrogen (secondary N) is 2. The molecule has 0 spiro atoms. The van der Waals surface area contributed by atoms with E-state index in [-0.39, 0.29) is 0 Å². The van der Waals surface area contributed by atoms with Crippen molar-refractivity contribution in [2.24, 2.45) is 0 Å². The average Bonchev–Trinajstić information content (AvgIpc) is 2.14.